The molecule has 4 rings (SSSR count). The van der Waals surface area contributed by atoms with Gasteiger partial charge in [-0.1, -0.05) is 65.6 Å². The second-order valence-corrected chi connectivity index (χ2v) is 9.76. The van der Waals surface area contributed by atoms with Crippen LogP contribution in [-0.2, 0) is 4.79 Å². The van der Waals surface area contributed by atoms with Crippen molar-refractivity contribution in [2.24, 2.45) is 0 Å². The zero-order valence-corrected chi connectivity index (χ0v) is 20.2. The maximum absolute atomic E-state index is 13.3. The molecule has 0 saturated heterocycles. The molecule has 0 radical (unpaired) electrons. The smallest absolute Gasteiger partial charge is 0.242 e. The third-order valence-corrected chi connectivity index (χ3v) is 7.24. The predicted molar refractivity (Wildman–Crippen MR) is 136 cm³/mol. The first-order chi connectivity index (χ1) is 16.0. The molecule has 0 spiro atoms. The molecule has 0 aliphatic heterocycles. The summed E-state index contributed by atoms with van der Waals surface area (Å²) in [5.41, 5.74) is 4.97. The molecule has 0 fully saturated rings. The molecule has 3 aromatic carbocycles. The summed E-state index contributed by atoms with van der Waals surface area (Å²) in [7, 11) is 1.60. The van der Waals surface area contributed by atoms with Gasteiger partial charge in [0, 0.05) is 17.4 Å². The molecular weight excluding hydrogens is 452 g/mol. The number of rotatable bonds is 8. The topological polar surface area (TPSA) is 76.1 Å². The van der Waals surface area contributed by atoms with E-state index < -0.39 is 5.25 Å². The highest BCUT2D eigenvalue weighted by atomic mass is 32.2. The minimum atomic E-state index is -0.486. The highest BCUT2D eigenvalue weighted by molar-refractivity contribution is 8.02. The highest BCUT2D eigenvalue weighted by Crippen LogP contribution is 2.39. The van der Waals surface area contributed by atoms with Crippen LogP contribution in [0, 0.1) is 13.8 Å². The molecule has 4 aromatic rings. The second kappa shape index (κ2) is 10.5. The molecule has 1 atom stereocenters. The molecular formula is C25H24N4O2S2. The van der Waals surface area contributed by atoms with Crippen molar-refractivity contribution in [1.29, 1.82) is 0 Å². The van der Waals surface area contributed by atoms with Crippen LogP contribution in [0.3, 0.4) is 0 Å². The Kier molecular flexibility index (Phi) is 7.26. The van der Waals surface area contributed by atoms with Crippen LogP contribution < -0.4 is 15.4 Å². The maximum Gasteiger partial charge on any atom is 0.242 e. The van der Waals surface area contributed by atoms with E-state index in [4.69, 9.17) is 4.74 Å². The van der Waals surface area contributed by atoms with E-state index in [0.29, 0.717) is 20.9 Å². The average molecular weight is 477 g/mol. The van der Waals surface area contributed by atoms with E-state index in [1.165, 1.54) is 34.2 Å². The number of nitrogens with one attached hydrogen (secondary N) is 2. The molecule has 0 bridgehead atoms. The fraction of sp³-hybridized carbons (Fsp3) is 0.160. The van der Waals surface area contributed by atoms with Crippen LogP contribution in [0.5, 0.6) is 5.75 Å². The van der Waals surface area contributed by atoms with Gasteiger partial charge in [0.1, 0.15) is 11.0 Å². The Morgan fingerprint density at radius 2 is 1.76 bits per heavy atom. The summed E-state index contributed by atoms with van der Waals surface area (Å²) in [4.78, 5) is 13.3. The summed E-state index contributed by atoms with van der Waals surface area (Å²) in [5, 5.41) is 15.1. The average Bonchev–Trinajstić information content (AvgIpc) is 3.27. The van der Waals surface area contributed by atoms with Crippen molar-refractivity contribution in [3.05, 3.63) is 89.5 Å². The van der Waals surface area contributed by atoms with Gasteiger partial charge in [0.2, 0.25) is 11.0 Å². The number of hydrogen-bond acceptors (Lipinski definition) is 7. The first-order valence-electron chi connectivity index (χ1n) is 10.4. The summed E-state index contributed by atoms with van der Waals surface area (Å²) in [6.07, 6.45) is 0. The van der Waals surface area contributed by atoms with Crippen molar-refractivity contribution in [2.75, 3.05) is 17.7 Å². The van der Waals surface area contributed by atoms with Crippen molar-refractivity contribution in [3.8, 4) is 5.75 Å². The van der Waals surface area contributed by atoms with Crippen LogP contribution in [0.4, 0.5) is 16.5 Å². The minimum Gasteiger partial charge on any atom is -0.497 e. The van der Waals surface area contributed by atoms with Crippen LogP contribution in [0.25, 0.3) is 0 Å². The zero-order valence-electron chi connectivity index (χ0n) is 18.5. The van der Waals surface area contributed by atoms with E-state index >= 15 is 0 Å². The molecule has 0 aliphatic rings. The van der Waals surface area contributed by atoms with Crippen LogP contribution >= 0.6 is 23.1 Å². The van der Waals surface area contributed by atoms with E-state index in [1.807, 2.05) is 54.6 Å². The Labute approximate surface area is 201 Å². The molecule has 6 nitrogen and oxygen atoms in total. The van der Waals surface area contributed by atoms with E-state index in [9.17, 15) is 4.79 Å². The molecule has 0 saturated carbocycles. The molecule has 8 heteroatoms. The number of aromatic nitrogens is 2. The lowest BCUT2D eigenvalue weighted by Gasteiger charge is -2.16. The number of hydrogen-bond donors (Lipinski definition) is 2. The van der Waals surface area contributed by atoms with Gasteiger partial charge in [0.25, 0.3) is 0 Å². The number of aryl methyl sites for hydroxylation is 2. The molecule has 0 aliphatic carbocycles. The lowest BCUT2D eigenvalue weighted by Crippen LogP contribution is -2.19. The second-order valence-electron chi connectivity index (χ2n) is 7.43. The quantitative estimate of drug-likeness (QED) is 0.287. The molecule has 168 valence electrons. The van der Waals surface area contributed by atoms with Gasteiger partial charge < -0.3 is 15.4 Å². The third kappa shape index (κ3) is 5.91. The van der Waals surface area contributed by atoms with Gasteiger partial charge in [-0.2, -0.15) is 0 Å². The van der Waals surface area contributed by atoms with Crippen molar-refractivity contribution in [2.45, 2.75) is 23.4 Å². The zero-order chi connectivity index (χ0) is 23.2. The van der Waals surface area contributed by atoms with Crippen LogP contribution in [0.1, 0.15) is 21.9 Å². The van der Waals surface area contributed by atoms with Crippen LogP contribution in [-0.4, -0.2) is 23.2 Å². The summed E-state index contributed by atoms with van der Waals surface area (Å²) < 4.78 is 5.97. The lowest BCUT2D eigenvalue weighted by atomic mass is 10.1. The van der Waals surface area contributed by atoms with Crippen molar-refractivity contribution >= 4 is 45.5 Å². The number of carbonyl (C=O) groups is 1. The fourth-order valence-corrected chi connectivity index (χ4v) is 5.13. The Bertz CT molecular complexity index is 1240. The van der Waals surface area contributed by atoms with Crippen LogP contribution in [0.2, 0.25) is 0 Å². The van der Waals surface area contributed by atoms with E-state index in [1.54, 1.807) is 13.2 Å². The Morgan fingerprint density at radius 3 is 2.52 bits per heavy atom. The number of carbonyl (C=O) groups excluding carboxylic acids is 1. The lowest BCUT2D eigenvalue weighted by molar-refractivity contribution is -0.115. The summed E-state index contributed by atoms with van der Waals surface area (Å²) in [6, 6.07) is 23.1. The minimum absolute atomic E-state index is 0.140. The van der Waals surface area contributed by atoms with Gasteiger partial charge in [-0.05, 0) is 54.8 Å². The van der Waals surface area contributed by atoms with Gasteiger partial charge in [-0.3, -0.25) is 4.79 Å². The number of ether oxygens (including phenoxy) is 1. The van der Waals surface area contributed by atoms with E-state index in [2.05, 4.69) is 46.8 Å². The van der Waals surface area contributed by atoms with Crippen molar-refractivity contribution < 1.29 is 9.53 Å². The summed E-state index contributed by atoms with van der Waals surface area (Å²) >= 11 is 2.80. The highest BCUT2D eigenvalue weighted by Gasteiger charge is 2.24. The summed E-state index contributed by atoms with van der Waals surface area (Å²) in [6.45, 7) is 4.16. The van der Waals surface area contributed by atoms with Gasteiger partial charge in [0.15, 0.2) is 4.34 Å². The van der Waals surface area contributed by atoms with Gasteiger partial charge >= 0.3 is 0 Å². The Morgan fingerprint density at radius 1 is 0.939 bits per heavy atom. The molecule has 33 heavy (non-hydrogen) atoms. The molecule has 1 amide bonds. The van der Waals surface area contributed by atoms with Crippen LogP contribution in [0.15, 0.2) is 77.1 Å². The summed E-state index contributed by atoms with van der Waals surface area (Å²) in [5.74, 6) is 0.543. The Balaban J connectivity index is 1.52. The monoisotopic (exact) mass is 476 g/mol. The first-order valence-corrected chi connectivity index (χ1v) is 12.1. The normalized spacial score (nSPS) is 11.6. The van der Waals surface area contributed by atoms with E-state index in [-0.39, 0.29) is 5.91 Å². The molecule has 0 unspecified atom stereocenters. The standard InChI is InChI=1S/C25H24N4O2S2/c1-16-12-13-20(14-17(16)2)27-24-28-29-25(33-24)32-22(18-8-5-4-6-9-18)23(30)26-19-10-7-11-21(15-19)31-3/h4-15,22H,1-3H3,(H,26,30)(H,27,28)/t22-/m1/s1. The van der Waals surface area contributed by atoms with E-state index in [0.717, 1.165) is 11.3 Å². The predicted octanol–water partition coefficient (Wildman–Crippen LogP) is 6.38. The van der Waals surface area contributed by atoms with Gasteiger partial charge in [-0.25, -0.2) is 0 Å². The maximum atomic E-state index is 13.3. The number of thioether (sulfide) groups is 1. The first kappa shape index (κ1) is 22.8. The molecule has 2 N–H and O–H groups in total. The number of nitrogens with zero attached hydrogens (tertiary/aromatic N) is 2. The number of methoxy groups -OCH3 is 1. The third-order valence-electron chi connectivity index (χ3n) is 5.06. The van der Waals surface area contributed by atoms with Crippen molar-refractivity contribution in [3.63, 3.8) is 0 Å². The SMILES string of the molecule is COc1cccc(NC(=O)[C@H](Sc2nnc(Nc3ccc(C)c(C)c3)s2)c2ccccc2)c1. The van der Waals surface area contributed by atoms with Gasteiger partial charge in [-0.15, -0.1) is 10.2 Å². The number of anilines is 3. The number of benzene rings is 3. The fourth-order valence-electron chi connectivity index (χ4n) is 3.16. The largest absolute Gasteiger partial charge is 0.497 e. The Hall–Kier alpha value is -3.36. The van der Waals surface area contributed by atoms with Gasteiger partial charge in [0.05, 0.1) is 7.11 Å². The number of amides is 1. The molecule has 1 heterocycles. The molecule has 1 aromatic heterocycles. The van der Waals surface area contributed by atoms with Crippen molar-refractivity contribution in [1.82, 2.24) is 10.2 Å².